The highest BCUT2D eigenvalue weighted by Crippen LogP contribution is 2.01. The maximum atomic E-state index is 11.8. The number of hydrogen-bond acceptors (Lipinski definition) is 6. The average molecular weight is 444 g/mol. The molecule has 0 bridgehead atoms. The quantitative estimate of drug-likeness (QED) is 0.362. The monoisotopic (exact) mass is 444 g/mol. The lowest BCUT2D eigenvalue weighted by atomic mass is 10.2. The number of carbonyl (C=O) groups is 4. The van der Waals surface area contributed by atoms with E-state index in [4.69, 9.17) is 10.2 Å². The average Bonchev–Trinajstić information content (AvgIpc) is 2.80. The number of pyridine rings is 2. The second-order valence-corrected chi connectivity index (χ2v) is 6.69. The van der Waals surface area contributed by atoms with Gasteiger partial charge in [-0.1, -0.05) is 12.8 Å². The first-order valence-corrected chi connectivity index (χ1v) is 10.2. The van der Waals surface area contributed by atoms with E-state index in [2.05, 4.69) is 20.6 Å². The van der Waals surface area contributed by atoms with Crippen molar-refractivity contribution in [2.75, 3.05) is 13.1 Å². The summed E-state index contributed by atoms with van der Waals surface area (Å²) in [6, 6.07) is 6.78. The topological polar surface area (TPSA) is 159 Å². The number of nitrogens with one attached hydrogen (secondary N) is 2. The van der Waals surface area contributed by atoms with Crippen LogP contribution in [-0.2, 0) is 9.59 Å². The summed E-state index contributed by atoms with van der Waals surface area (Å²) in [4.78, 5) is 50.6. The minimum absolute atomic E-state index is 0.0676. The third-order valence-corrected chi connectivity index (χ3v) is 4.11. The van der Waals surface area contributed by atoms with Crippen LogP contribution in [0.1, 0.15) is 59.2 Å². The molecule has 2 rings (SSSR count). The Morgan fingerprint density at radius 1 is 0.625 bits per heavy atom. The van der Waals surface area contributed by atoms with Crippen molar-refractivity contribution in [1.29, 1.82) is 0 Å². The maximum Gasteiger partial charge on any atom is 0.303 e. The summed E-state index contributed by atoms with van der Waals surface area (Å²) in [5, 5.41) is 21.6. The van der Waals surface area contributed by atoms with Crippen LogP contribution in [0.5, 0.6) is 0 Å². The van der Waals surface area contributed by atoms with E-state index in [1.54, 1.807) is 49.1 Å². The Kier molecular flexibility index (Phi) is 13.1. The fourth-order valence-electron chi connectivity index (χ4n) is 2.43. The minimum atomic E-state index is -1.08. The van der Waals surface area contributed by atoms with E-state index in [-0.39, 0.29) is 24.7 Å². The van der Waals surface area contributed by atoms with Gasteiger partial charge in [-0.05, 0) is 37.1 Å². The molecule has 0 aliphatic carbocycles. The predicted molar refractivity (Wildman–Crippen MR) is 116 cm³/mol. The number of nitrogens with zero attached hydrogens (tertiary/aromatic N) is 2. The second kappa shape index (κ2) is 15.9. The molecule has 0 aliphatic heterocycles. The maximum absolute atomic E-state index is 11.8. The van der Waals surface area contributed by atoms with Crippen molar-refractivity contribution in [1.82, 2.24) is 20.6 Å². The fourth-order valence-corrected chi connectivity index (χ4v) is 2.43. The van der Waals surface area contributed by atoms with Gasteiger partial charge in [0, 0.05) is 49.0 Å². The van der Waals surface area contributed by atoms with Gasteiger partial charge in [-0.25, -0.2) is 0 Å². The zero-order valence-electron chi connectivity index (χ0n) is 17.7. The lowest BCUT2D eigenvalue weighted by Gasteiger charge is -2.06. The number of amides is 2. The highest BCUT2D eigenvalue weighted by atomic mass is 16.4. The summed E-state index contributed by atoms with van der Waals surface area (Å²) in [6.45, 7) is 1.31. The molecule has 0 saturated heterocycles. The first-order chi connectivity index (χ1) is 15.4. The summed E-state index contributed by atoms with van der Waals surface area (Å²) in [7, 11) is 0. The lowest BCUT2D eigenvalue weighted by molar-refractivity contribution is -0.143. The van der Waals surface area contributed by atoms with Gasteiger partial charge in [0.1, 0.15) is 0 Å². The Bertz CT molecular complexity index is 775. The Balaban J connectivity index is 0.000000547. The molecule has 2 heterocycles. The van der Waals surface area contributed by atoms with Crippen LogP contribution in [-0.4, -0.2) is 57.0 Å². The third kappa shape index (κ3) is 12.7. The van der Waals surface area contributed by atoms with E-state index in [0.717, 1.165) is 25.7 Å². The van der Waals surface area contributed by atoms with Crippen molar-refractivity contribution >= 4 is 23.8 Å². The van der Waals surface area contributed by atoms with Crippen molar-refractivity contribution in [2.24, 2.45) is 0 Å². The summed E-state index contributed by atoms with van der Waals surface area (Å²) < 4.78 is 0. The molecule has 0 aromatic carbocycles. The highest BCUT2D eigenvalue weighted by molar-refractivity contribution is 5.94. The standard InChI is InChI=1S/C18H22N4O2.C4H6O4/c23-17(15-5-11-19-12-6-15)21-9-3-1-2-4-10-22-18(24)16-7-13-20-14-8-16;5-3(6)1-2-4(7)8/h5-8,11-14H,1-4,9-10H2,(H,21,23)(H,22,24);1-2H2,(H,5,6)(H,7,8). The summed E-state index contributed by atoms with van der Waals surface area (Å²) in [5.41, 5.74) is 1.26. The number of hydrogen-bond donors (Lipinski definition) is 4. The summed E-state index contributed by atoms with van der Waals surface area (Å²) >= 11 is 0. The number of carboxylic acids is 2. The number of rotatable bonds is 12. The van der Waals surface area contributed by atoms with E-state index in [1.807, 2.05) is 0 Å². The summed E-state index contributed by atoms with van der Waals surface area (Å²) in [5.74, 6) is -2.29. The number of aliphatic carboxylic acids is 2. The van der Waals surface area contributed by atoms with Crippen molar-refractivity contribution < 1.29 is 29.4 Å². The normalized spacial score (nSPS) is 9.75. The molecule has 0 spiro atoms. The number of unbranched alkanes of at least 4 members (excludes halogenated alkanes) is 3. The van der Waals surface area contributed by atoms with Gasteiger partial charge in [-0.3, -0.25) is 29.1 Å². The number of carboxylic acid groups (broad SMARTS) is 2. The molecule has 0 unspecified atom stereocenters. The molecule has 172 valence electrons. The van der Waals surface area contributed by atoms with E-state index < -0.39 is 11.9 Å². The zero-order chi connectivity index (χ0) is 23.6. The first-order valence-electron chi connectivity index (χ1n) is 10.2. The molecular weight excluding hydrogens is 416 g/mol. The van der Waals surface area contributed by atoms with Gasteiger partial charge in [0.25, 0.3) is 11.8 Å². The van der Waals surface area contributed by atoms with E-state index in [0.29, 0.717) is 24.2 Å². The molecule has 0 radical (unpaired) electrons. The fraction of sp³-hybridized carbons (Fsp3) is 0.364. The van der Waals surface area contributed by atoms with Crippen LogP contribution < -0.4 is 10.6 Å². The van der Waals surface area contributed by atoms with Crippen LogP contribution in [0.2, 0.25) is 0 Å². The van der Waals surface area contributed by atoms with Crippen LogP contribution in [0.25, 0.3) is 0 Å². The molecule has 2 aromatic rings. The van der Waals surface area contributed by atoms with Gasteiger partial charge in [0.05, 0.1) is 12.8 Å². The molecule has 10 nitrogen and oxygen atoms in total. The number of carbonyl (C=O) groups excluding carboxylic acids is 2. The largest absolute Gasteiger partial charge is 0.481 e. The van der Waals surface area contributed by atoms with Gasteiger partial charge in [-0.15, -0.1) is 0 Å². The molecule has 10 heteroatoms. The molecule has 32 heavy (non-hydrogen) atoms. The summed E-state index contributed by atoms with van der Waals surface area (Å²) in [6.07, 6.45) is 9.72. The lowest BCUT2D eigenvalue weighted by Crippen LogP contribution is -2.25. The van der Waals surface area contributed by atoms with Gasteiger partial charge < -0.3 is 20.8 Å². The van der Waals surface area contributed by atoms with Crippen LogP contribution in [0.3, 0.4) is 0 Å². The van der Waals surface area contributed by atoms with E-state index in [9.17, 15) is 19.2 Å². The smallest absolute Gasteiger partial charge is 0.303 e. The van der Waals surface area contributed by atoms with Gasteiger partial charge in [0.15, 0.2) is 0 Å². The molecule has 0 fully saturated rings. The molecule has 0 aliphatic rings. The molecule has 0 atom stereocenters. The third-order valence-electron chi connectivity index (χ3n) is 4.11. The Hall–Kier alpha value is -3.82. The van der Waals surface area contributed by atoms with Crippen LogP contribution in [0.15, 0.2) is 49.1 Å². The Labute approximate surface area is 186 Å². The molecular formula is C22H28N4O6. The minimum Gasteiger partial charge on any atom is -0.481 e. The second-order valence-electron chi connectivity index (χ2n) is 6.69. The number of aromatic nitrogens is 2. The predicted octanol–water partition coefficient (Wildman–Crippen LogP) is 2.13. The van der Waals surface area contributed by atoms with Gasteiger partial charge in [-0.2, -0.15) is 0 Å². The molecule has 2 aromatic heterocycles. The van der Waals surface area contributed by atoms with Crippen molar-refractivity contribution in [2.45, 2.75) is 38.5 Å². The van der Waals surface area contributed by atoms with Crippen molar-refractivity contribution in [3.8, 4) is 0 Å². The molecule has 0 saturated carbocycles. The Morgan fingerprint density at radius 3 is 1.28 bits per heavy atom. The van der Waals surface area contributed by atoms with Crippen LogP contribution in [0, 0.1) is 0 Å². The van der Waals surface area contributed by atoms with Gasteiger partial charge >= 0.3 is 11.9 Å². The SMILES string of the molecule is O=C(NCCCCCCNC(=O)c1ccncc1)c1ccncc1.O=C(O)CCC(=O)O. The van der Waals surface area contributed by atoms with Crippen LogP contribution >= 0.6 is 0 Å². The van der Waals surface area contributed by atoms with Crippen molar-refractivity contribution in [3.05, 3.63) is 60.2 Å². The van der Waals surface area contributed by atoms with Crippen LogP contribution in [0.4, 0.5) is 0 Å². The Morgan fingerprint density at radius 2 is 0.969 bits per heavy atom. The van der Waals surface area contributed by atoms with Gasteiger partial charge in [0.2, 0.25) is 0 Å². The van der Waals surface area contributed by atoms with E-state index in [1.165, 1.54) is 0 Å². The zero-order valence-corrected chi connectivity index (χ0v) is 17.7. The molecule has 4 N–H and O–H groups in total. The molecule has 2 amide bonds. The van der Waals surface area contributed by atoms with E-state index >= 15 is 0 Å². The highest BCUT2D eigenvalue weighted by Gasteiger charge is 2.04. The first kappa shape index (κ1) is 26.2. The van der Waals surface area contributed by atoms with Crippen molar-refractivity contribution in [3.63, 3.8) is 0 Å².